The third-order valence-electron chi connectivity index (χ3n) is 5.32. The molecule has 0 aliphatic rings. The van der Waals surface area contributed by atoms with Crippen molar-refractivity contribution in [1.82, 2.24) is 5.43 Å². The number of nitrogens with zero attached hydrogens (tertiary/aromatic N) is 2. The zero-order valence-corrected chi connectivity index (χ0v) is 23.6. The van der Waals surface area contributed by atoms with Crippen LogP contribution in [0.5, 0.6) is 23.0 Å². The van der Waals surface area contributed by atoms with E-state index in [0.717, 1.165) is 16.1 Å². The fourth-order valence-corrected chi connectivity index (χ4v) is 4.43. The van der Waals surface area contributed by atoms with Crippen molar-refractivity contribution in [2.24, 2.45) is 5.10 Å². The molecule has 1 N–H and O–H groups in total. The molecule has 0 spiro atoms. The molecule has 3 aromatic carbocycles. The molecule has 0 atom stereocenters. The molecule has 1 amide bonds. The Morgan fingerprint density at radius 2 is 1.64 bits per heavy atom. The molecule has 0 heterocycles. The Hall–Kier alpha value is -3.96. The average molecular weight is 576 g/mol. The molecule has 0 unspecified atom stereocenters. The van der Waals surface area contributed by atoms with Gasteiger partial charge in [0.15, 0.2) is 23.0 Å². The lowest BCUT2D eigenvalue weighted by Gasteiger charge is -2.22. The third-order valence-corrected chi connectivity index (χ3v) is 6.71. The molecule has 12 heteroatoms. The summed E-state index contributed by atoms with van der Waals surface area (Å²) in [6.45, 7) is 2.12. The maximum atomic E-state index is 12.6. The molecule has 0 aliphatic carbocycles. The summed E-state index contributed by atoms with van der Waals surface area (Å²) in [6.07, 6.45) is 2.43. The van der Waals surface area contributed by atoms with Crippen LogP contribution in [0.25, 0.3) is 0 Å². The van der Waals surface area contributed by atoms with Crippen LogP contribution in [0.2, 0.25) is 5.02 Å². The molecule has 0 aromatic heterocycles. The van der Waals surface area contributed by atoms with Crippen LogP contribution >= 0.6 is 11.6 Å². The quantitative estimate of drug-likeness (QED) is 0.239. The molecule has 3 rings (SSSR count). The van der Waals surface area contributed by atoms with Gasteiger partial charge in [0, 0.05) is 11.1 Å². The summed E-state index contributed by atoms with van der Waals surface area (Å²) >= 11 is 5.93. The van der Waals surface area contributed by atoms with Crippen LogP contribution in [-0.2, 0) is 21.4 Å². The Kier molecular flexibility index (Phi) is 10.4. The number of halogens is 1. The highest BCUT2D eigenvalue weighted by Gasteiger charge is 2.22. The first-order chi connectivity index (χ1) is 18.6. The summed E-state index contributed by atoms with van der Waals surface area (Å²) in [4.78, 5) is 12.6. The first-order valence-electron chi connectivity index (χ1n) is 11.8. The molecule has 0 saturated heterocycles. The number of amides is 1. The summed E-state index contributed by atoms with van der Waals surface area (Å²) < 4.78 is 47.8. The SMILES string of the molecule is CCOc1cc(/C=N\NC(=O)CN(c2ccc(OC)c(OC)c2)S(C)(=O)=O)ccc1OCc1ccc(Cl)cc1. The normalized spacial score (nSPS) is 11.2. The first-order valence-corrected chi connectivity index (χ1v) is 14.0. The molecule has 10 nitrogen and oxygen atoms in total. The van der Waals surface area contributed by atoms with Crippen molar-refractivity contribution in [2.45, 2.75) is 13.5 Å². The Bertz CT molecular complexity index is 1410. The van der Waals surface area contributed by atoms with Crippen LogP contribution in [0.3, 0.4) is 0 Å². The van der Waals surface area contributed by atoms with E-state index in [1.165, 1.54) is 32.6 Å². The smallest absolute Gasteiger partial charge is 0.260 e. The van der Waals surface area contributed by atoms with Crippen LogP contribution < -0.4 is 28.7 Å². The van der Waals surface area contributed by atoms with E-state index in [9.17, 15) is 13.2 Å². The number of anilines is 1. The van der Waals surface area contributed by atoms with Crippen LogP contribution in [0.1, 0.15) is 18.1 Å². The Morgan fingerprint density at radius 1 is 0.949 bits per heavy atom. The largest absolute Gasteiger partial charge is 0.493 e. The summed E-state index contributed by atoms with van der Waals surface area (Å²) in [5.41, 5.74) is 4.19. The summed E-state index contributed by atoms with van der Waals surface area (Å²) in [5, 5.41) is 4.61. The highest BCUT2D eigenvalue weighted by atomic mass is 35.5. The number of benzene rings is 3. The second-order valence-corrected chi connectivity index (χ2v) is 10.5. The minimum Gasteiger partial charge on any atom is -0.493 e. The first kappa shape index (κ1) is 29.6. The molecule has 0 radical (unpaired) electrons. The van der Waals surface area contributed by atoms with Gasteiger partial charge in [-0.05, 0) is 60.5 Å². The standard InChI is InChI=1S/C27H30ClN3O7S/c1-5-37-26-14-20(8-12-24(26)38-18-19-6-9-21(28)10-7-19)16-29-30-27(32)17-31(39(4,33)34)22-11-13-23(35-2)25(15-22)36-3/h6-16H,5,17-18H2,1-4H3,(H,30,32)/b29-16-. The van der Waals surface area contributed by atoms with Gasteiger partial charge in [-0.1, -0.05) is 23.7 Å². The molecular weight excluding hydrogens is 546 g/mol. The minimum absolute atomic E-state index is 0.241. The van der Waals surface area contributed by atoms with Gasteiger partial charge in [0.1, 0.15) is 13.2 Å². The topological polar surface area (TPSA) is 116 Å². The zero-order chi connectivity index (χ0) is 28.4. The number of carbonyl (C=O) groups is 1. The number of hydrogen-bond acceptors (Lipinski definition) is 8. The number of rotatable bonds is 13. The second-order valence-electron chi connectivity index (χ2n) is 8.16. The number of ether oxygens (including phenoxy) is 4. The number of carbonyl (C=O) groups excluding carboxylic acids is 1. The number of sulfonamides is 1. The van der Waals surface area contributed by atoms with E-state index in [4.69, 9.17) is 30.5 Å². The summed E-state index contributed by atoms with van der Waals surface area (Å²) in [7, 11) is -0.889. The van der Waals surface area contributed by atoms with Gasteiger partial charge in [-0.2, -0.15) is 5.10 Å². The van der Waals surface area contributed by atoms with Gasteiger partial charge < -0.3 is 18.9 Å². The van der Waals surface area contributed by atoms with Gasteiger partial charge in [-0.25, -0.2) is 13.8 Å². The van der Waals surface area contributed by atoms with Gasteiger partial charge in [-0.15, -0.1) is 0 Å². The van der Waals surface area contributed by atoms with Crippen molar-refractivity contribution in [2.75, 3.05) is 37.9 Å². The fraction of sp³-hybridized carbons (Fsp3) is 0.259. The van der Waals surface area contributed by atoms with Gasteiger partial charge in [0.2, 0.25) is 10.0 Å². The number of nitrogens with one attached hydrogen (secondary N) is 1. The maximum Gasteiger partial charge on any atom is 0.260 e. The molecule has 39 heavy (non-hydrogen) atoms. The van der Waals surface area contributed by atoms with E-state index < -0.39 is 22.5 Å². The lowest BCUT2D eigenvalue weighted by molar-refractivity contribution is -0.119. The molecule has 208 valence electrons. The molecule has 0 bridgehead atoms. The van der Waals surface area contributed by atoms with Gasteiger partial charge in [-0.3, -0.25) is 9.10 Å². The van der Waals surface area contributed by atoms with Crippen molar-refractivity contribution in [3.05, 3.63) is 76.8 Å². The van der Waals surface area contributed by atoms with Crippen molar-refractivity contribution in [1.29, 1.82) is 0 Å². The number of hydrogen-bond donors (Lipinski definition) is 1. The van der Waals surface area contributed by atoms with E-state index in [1.807, 2.05) is 19.1 Å². The van der Waals surface area contributed by atoms with E-state index in [-0.39, 0.29) is 5.69 Å². The predicted octanol–water partition coefficient (Wildman–Crippen LogP) is 4.25. The Balaban J connectivity index is 1.67. The van der Waals surface area contributed by atoms with Gasteiger partial charge in [0.25, 0.3) is 5.91 Å². The van der Waals surface area contributed by atoms with Crippen molar-refractivity contribution >= 4 is 39.4 Å². The van der Waals surface area contributed by atoms with E-state index in [2.05, 4.69) is 10.5 Å². The predicted molar refractivity (Wildman–Crippen MR) is 151 cm³/mol. The Labute approximate surface area is 233 Å². The molecule has 0 aliphatic heterocycles. The van der Waals surface area contributed by atoms with Gasteiger partial charge in [0.05, 0.1) is 39.0 Å². The lowest BCUT2D eigenvalue weighted by Crippen LogP contribution is -2.39. The summed E-state index contributed by atoms with van der Waals surface area (Å²) in [5.74, 6) is 1.17. The third kappa shape index (κ3) is 8.52. The average Bonchev–Trinajstić information content (AvgIpc) is 2.91. The maximum absolute atomic E-state index is 12.6. The van der Waals surface area contributed by atoms with Crippen LogP contribution in [0.15, 0.2) is 65.8 Å². The molecule has 3 aromatic rings. The van der Waals surface area contributed by atoms with Crippen molar-refractivity contribution in [3.63, 3.8) is 0 Å². The number of methoxy groups -OCH3 is 2. The highest BCUT2D eigenvalue weighted by molar-refractivity contribution is 7.92. The Morgan fingerprint density at radius 3 is 2.28 bits per heavy atom. The highest BCUT2D eigenvalue weighted by Crippen LogP contribution is 2.32. The van der Waals surface area contributed by atoms with Crippen LogP contribution in [-0.4, -0.2) is 54.2 Å². The lowest BCUT2D eigenvalue weighted by atomic mass is 10.2. The van der Waals surface area contributed by atoms with E-state index >= 15 is 0 Å². The van der Waals surface area contributed by atoms with Crippen LogP contribution in [0, 0.1) is 0 Å². The summed E-state index contributed by atoms with van der Waals surface area (Å²) in [6, 6.07) is 17.1. The molecule has 0 fully saturated rings. The second kappa shape index (κ2) is 13.7. The van der Waals surface area contributed by atoms with E-state index in [1.54, 1.807) is 36.4 Å². The molecule has 0 saturated carbocycles. The molecular formula is C27H30ClN3O7S. The zero-order valence-electron chi connectivity index (χ0n) is 22.0. The minimum atomic E-state index is -3.79. The van der Waals surface area contributed by atoms with Crippen LogP contribution in [0.4, 0.5) is 5.69 Å². The van der Waals surface area contributed by atoms with E-state index in [0.29, 0.717) is 46.8 Å². The number of hydrazone groups is 1. The van der Waals surface area contributed by atoms with Crippen molar-refractivity contribution < 1.29 is 32.2 Å². The fourth-order valence-electron chi connectivity index (χ4n) is 3.46. The van der Waals surface area contributed by atoms with Gasteiger partial charge >= 0.3 is 0 Å². The monoisotopic (exact) mass is 575 g/mol. The van der Waals surface area contributed by atoms with Crippen molar-refractivity contribution in [3.8, 4) is 23.0 Å².